The van der Waals surface area contributed by atoms with Gasteiger partial charge in [0.2, 0.25) is 0 Å². The van der Waals surface area contributed by atoms with Crippen molar-refractivity contribution in [1.82, 2.24) is 25.2 Å². The third-order valence-electron chi connectivity index (χ3n) is 4.69. The van der Waals surface area contributed by atoms with Crippen LogP contribution in [0.5, 0.6) is 0 Å². The summed E-state index contributed by atoms with van der Waals surface area (Å²) >= 11 is 1.60. The van der Waals surface area contributed by atoms with Gasteiger partial charge in [-0.25, -0.2) is 18.1 Å². The molecule has 0 atom stereocenters. The molecule has 0 radical (unpaired) electrons. The molecule has 0 saturated heterocycles. The zero-order valence-corrected chi connectivity index (χ0v) is 15.1. The van der Waals surface area contributed by atoms with Crippen molar-refractivity contribution in [3.8, 4) is 0 Å². The van der Waals surface area contributed by atoms with E-state index in [1.54, 1.807) is 16.0 Å². The average Bonchev–Trinajstić information content (AvgIpc) is 3.14. The van der Waals surface area contributed by atoms with Gasteiger partial charge in [0.05, 0.1) is 22.5 Å². The van der Waals surface area contributed by atoms with Gasteiger partial charge in [-0.2, -0.15) is 0 Å². The van der Waals surface area contributed by atoms with Crippen LogP contribution in [0.4, 0.5) is 0 Å². The molecule has 2 aromatic heterocycles. The van der Waals surface area contributed by atoms with Gasteiger partial charge in [0.25, 0.3) is 0 Å². The average molecular weight is 368 g/mol. The highest BCUT2D eigenvalue weighted by Crippen LogP contribution is 2.35. The van der Waals surface area contributed by atoms with Crippen LogP contribution in [0, 0.1) is 0 Å². The number of hydrogen-bond acceptors (Lipinski definition) is 7. The molecule has 0 amide bonds. The van der Waals surface area contributed by atoms with E-state index in [1.807, 2.05) is 5.38 Å². The molecule has 2 aromatic rings. The second-order valence-electron chi connectivity index (χ2n) is 6.82. The fourth-order valence-corrected chi connectivity index (χ4v) is 5.69. The summed E-state index contributed by atoms with van der Waals surface area (Å²) in [4.78, 5) is 4.60. The van der Waals surface area contributed by atoms with Crippen LogP contribution in [-0.2, 0) is 21.3 Å². The number of tetrazole rings is 1. The monoisotopic (exact) mass is 367 g/mol. The Balaban J connectivity index is 1.43. The maximum absolute atomic E-state index is 12.5. The lowest BCUT2D eigenvalue weighted by Crippen LogP contribution is -2.13. The Bertz CT molecular complexity index is 803. The van der Waals surface area contributed by atoms with Crippen molar-refractivity contribution >= 4 is 21.2 Å². The van der Waals surface area contributed by atoms with Gasteiger partial charge in [-0.1, -0.05) is 19.3 Å². The smallest absolute Gasteiger partial charge is 0.166 e. The number of thiazole rings is 1. The van der Waals surface area contributed by atoms with Crippen molar-refractivity contribution in [2.24, 2.45) is 0 Å². The summed E-state index contributed by atoms with van der Waals surface area (Å²) in [6.45, 7) is 0. The zero-order valence-electron chi connectivity index (χ0n) is 13.5. The molecule has 0 spiro atoms. The first-order valence-electron chi connectivity index (χ1n) is 8.52. The first-order valence-corrected chi connectivity index (χ1v) is 11.2. The Morgan fingerprint density at radius 2 is 1.92 bits per heavy atom. The molecule has 24 heavy (non-hydrogen) atoms. The van der Waals surface area contributed by atoms with Crippen LogP contribution >= 0.6 is 11.3 Å². The molecule has 2 fully saturated rings. The Kier molecular flexibility index (Phi) is 4.38. The maximum Gasteiger partial charge on any atom is 0.166 e. The number of rotatable bonds is 6. The summed E-state index contributed by atoms with van der Waals surface area (Å²) in [7, 11) is -3.32. The van der Waals surface area contributed by atoms with Crippen LogP contribution in [0.2, 0.25) is 0 Å². The summed E-state index contributed by atoms with van der Waals surface area (Å²) in [5, 5.41) is 14.4. The molecule has 4 rings (SSSR count). The minimum Gasteiger partial charge on any atom is -0.245 e. The second-order valence-corrected chi connectivity index (χ2v) is 9.77. The SMILES string of the molecule is O=S(=O)(Cc1csc(C2CCCCC2)n1)Cc1nnnn1C1CC1. The van der Waals surface area contributed by atoms with E-state index in [2.05, 4.69) is 20.5 Å². The quantitative estimate of drug-likeness (QED) is 0.779. The maximum atomic E-state index is 12.5. The van der Waals surface area contributed by atoms with Gasteiger partial charge in [-0.3, -0.25) is 0 Å². The van der Waals surface area contributed by atoms with Crippen molar-refractivity contribution in [2.45, 2.75) is 68.4 Å². The van der Waals surface area contributed by atoms with Gasteiger partial charge in [0, 0.05) is 11.3 Å². The summed E-state index contributed by atoms with van der Waals surface area (Å²) in [5.41, 5.74) is 0.658. The molecule has 0 unspecified atom stereocenters. The third kappa shape index (κ3) is 3.66. The van der Waals surface area contributed by atoms with Crippen molar-refractivity contribution in [2.75, 3.05) is 0 Å². The molecule has 9 heteroatoms. The molecule has 0 bridgehead atoms. The Morgan fingerprint density at radius 3 is 2.67 bits per heavy atom. The molecular formula is C15H21N5O2S2. The van der Waals surface area contributed by atoms with Crippen LogP contribution in [0.15, 0.2) is 5.38 Å². The highest BCUT2D eigenvalue weighted by atomic mass is 32.2. The van der Waals surface area contributed by atoms with Crippen LogP contribution in [0.3, 0.4) is 0 Å². The van der Waals surface area contributed by atoms with E-state index < -0.39 is 9.84 Å². The molecule has 0 aliphatic heterocycles. The van der Waals surface area contributed by atoms with Crippen LogP contribution in [0.25, 0.3) is 0 Å². The number of aromatic nitrogens is 5. The van der Waals surface area contributed by atoms with Gasteiger partial charge in [-0.05, 0) is 36.1 Å². The minimum absolute atomic E-state index is 0.0340. The summed E-state index contributed by atoms with van der Waals surface area (Å²) < 4.78 is 26.7. The largest absolute Gasteiger partial charge is 0.245 e. The Hall–Kier alpha value is -1.35. The van der Waals surface area contributed by atoms with Crippen molar-refractivity contribution in [3.63, 3.8) is 0 Å². The lowest BCUT2D eigenvalue weighted by Gasteiger charge is -2.18. The first-order chi connectivity index (χ1) is 11.6. The standard InChI is InChI=1S/C15H21N5O2S2/c21-24(22,10-14-17-18-19-20(14)13-6-7-13)9-12-8-23-15(16-12)11-4-2-1-3-5-11/h8,11,13H,1-7,9-10H2. The van der Waals surface area contributed by atoms with E-state index in [-0.39, 0.29) is 17.5 Å². The molecule has 2 saturated carbocycles. The highest BCUT2D eigenvalue weighted by molar-refractivity contribution is 7.89. The molecule has 0 N–H and O–H groups in total. The van der Waals surface area contributed by atoms with Gasteiger partial charge in [-0.15, -0.1) is 16.4 Å². The predicted molar refractivity (Wildman–Crippen MR) is 90.4 cm³/mol. The van der Waals surface area contributed by atoms with Gasteiger partial charge in [0.15, 0.2) is 15.7 Å². The highest BCUT2D eigenvalue weighted by Gasteiger charge is 2.30. The normalized spacial score (nSPS) is 19.7. The molecule has 130 valence electrons. The molecule has 7 nitrogen and oxygen atoms in total. The second kappa shape index (κ2) is 6.51. The molecule has 2 aliphatic rings. The number of hydrogen-bond donors (Lipinski definition) is 0. The van der Waals surface area contributed by atoms with Crippen LogP contribution < -0.4 is 0 Å². The molecule has 0 aromatic carbocycles. The summed E-state index contributed by atoms with van der Waals surface area (Å²) in [6.07, 6.45) is 8.21. The molecule has 2 heterocycles. The van der Waals surface area contributed by atoms with E-state index in [0.29, 0.717) is 17.4 Å². The Labute approximate surface area is 145 Å². The molecular weight excluding hydrogens is 346 g/mol. The summed E-state index contributed by atoms with van der Waals surface area (Å²) in [5.74, 6) is 0.808. The Morgan fingerprint density at radius 1 is 1.12 bits per heavy atom. The van der Waals surface area contributed by atoms with E-state index in [9.17, 15) is 8.42 Å². The first kappa shape index (κ1) is 16.1. The zero-order chi connectivity index (χ0) is 16.6. The fourth-order valence-electron chi connectivity index (χ4n) is 3.31. The lowest BCUT2D eigenvalue weighted by atomic mass is 9.90. The fraction of sp³-hybridized carbons (Fsp3) is 0.733. The minimum atomic E-state index is -3.32. The van der Waals surface area contributed by atoms with Gasteiger partial charge in [0.1, 0.15) is 5.75 Å². The van der Waals surface area contributed by atoms with E-state index in [1.165, 1.54) is 32.1 Å². The molecule has 2 aliphatic carbocycles. The summed E-state index contributed by atoms with van der Waals surface area (Å²) in [6, 6.07) is 0.280. The third-order valence-corrected chi connectivity index (χ3v) is 7.18. The van der Waals surface area contributed by atoms with Crippen molar-refractivity contribution in [3.05, 3.63) is 21.9 Å². The van der Waals surface area contributed by atoms with Crippen molar-refractivity contribution < 1.29 is 8.42 Å². The van der Waals surface area contributed by atoms with Crippen molar-refractivity contribution in [1.29, 1.82) is 0 Å². The lowest BCUT2D eigenvalue weighted by molar-refractivity contribution is 0.442. The van der Waals surface area contributed by atoms with E-state index in [0.717, 1.165) is 17.8 Å². The topological polar surface area (TPSA) is 90.6 Å². The number of nitrogens with zero attached hydrogens (tertiary/aromatic N) is 5. The van der Waals surface area contributed by atoms with Gasteiger partial charge >= 0.3 is 0 Å². The van der Waals surface area contributed by atoms with Gasteiger partial charge < -0.3 is 0 Å². The predicted octanol–water partition coefficient (Wildman–Crippen LogP) is 2.63. The number of sulfone groups is 1. The van der Waals surface area contributed by atoms with Crippen LogP contribution in [-0.4, -0.2) is 33.6 Å². The van der Waals surface area contributed by atoms with Crippen LogP contribution in [0.1, 0.15) is 73.4 Å². The van der Waals surface area contributed by atoms with E-state index in [4.69, 9.17) is 0 Å². The van der Waals surface area contributed by atoms with E-state index >= 15 is 0 Å².